The van der Waals surface area contributed by atoms with Gasteiger partial charge in [-0.25, -0.2) is 4.98 Å². The molecule has 0 bridgehead atoms. The van der Waals surface area contributed by atoms with E-state index in [1.54, 1.807) is 0 Å². The van der Waals surface area contributed by atoms with E-state index in [0.717, 1.165) is 16.7 Å². The van der Waals surface area contributed by atoms with Crippen molar-refractivity contribution in [2.24, 2.45) is 7.05 Å². The number of hydrogen-bond acceptors (Lipinski definition) is 3. The molecule has 0 amide bonds. The van der Waals surface area contributed by atoms with Gasteiger partial charge in [-0.3, -0.25) is 9.36 Å². The second kappa shape index (κ2) is 5.40. The first-order valence-corrected chi connectivity index (χ1v) is 6.10. The maximum absolute atomic E-state index is 12.8. The minimum absolute atomic E-state index is 0.00579. The van der Waals surface area contributed by atoms with Gasteiger partial charge in [0.2, 0.25) is 5.75 Å². The number of benzene rings is 1. The van der Waals surface area contributed by atoms with Crippen molar-refractivity contribution in [1.82, 2.24) is 9.55 Å². The molecule has 4 nitrogen and oxygen atoms in total. The van der Waals surface area contributed by atoms with Gasteiger partial charge in [0.15, 0.2) is 0 Å². The third-order valence-corrected chi connectivity index (χ3v) is 3.22. The zero-order valence-electron chi connectivity index (χ0n) is 11.0. The van der Waals surface area contributed by atoms with Crippen molar-refractivity contribution in [2.45, 2.75) is 6.18 Å². The topological polar surface area (TPSA) is 44.1 Å². The highest BCUT2D eigenvalue weighted by atomic mass is 35.5. The molecule has 0 aliphatic carbocycles. The highest BCUT2D eigenvalue weighted by Gasteiger charge is 2.33. The standard InChI is InChI=1S/C13H10ClF3N2O2/c1-19-11(18-6-10(21-2)12(19)20)7-3-4-9(14)8(5-7)13(15,16)17/h3-6H,1-2H3. The van der Waals surface area contributed by atoms with Crippen LogP contribution in [0.1, 0.15) is 5.56 Å². The van der Waals surface area contributed by atoms with Gasteiger partial charge in [0.05, 0.1) is 23.9 Å². The molecule has 2 aromatic rings. The lowest BCUT2D eigenvalue weighted by Gasteiger charge is -2.13. The number of methoxy groups -OCH3 is 1. The number of alkyl halides is 3. The highest BCUT2D eigenvalue weighted by molar-refractivity contribution is 6.31. The molecule has 0 unspecified atom stereocenters. The summed E-state index contributed by atoms with van der Waals surface area (Å²) < 4.78 is 44.5. The summed E-state index contributed by atoms with van der Waals surface area (Å²) in [6.45, 7) is 0. The molecule has 0 aliphatic heterocycles. The van der Waals surface area contributed by atoms with Crippen molar-refractivity contribution in [3.8, 4) is 17.1 Å². The molecule has 2 rings (SSSR count). The average Bonchev–Trinajstić information content (AvgIpc) is 2.41. The molecular weight excluding hydrogens is 309 g/mol. The lowest BCUT2D eigenvalue weighted by Crippen LogP contribution is -2.21. The molecule has 1 aromatic carbocycles. The van der Waals surface area contributed by atoms with Gasteiger partial charge in [0.25, 0.3) is 5.56 Å². The summed E-state index contributed by atoms with van der Waals surface area (Å²) in [5.41, 5.74) is -1.34. The Morgan fingerprint density at radius 1 is 1.33 bits per heavy atom. The Morgan fingerprint density at radius 3 is 2.57 bits per heavy atom. The molecule has 21 heavy (non-hydrogen) atoms. The van der Waals surface area contributed by atoms with Crippen molar-refractivity contribution in [3.05, 3.63) is 45.3 Å². The van der Waals surface area contributed by atoms with E-state index in [2.05, 4.69) is 4.98 Å². The van der Waals surface area contributed by atoms with E-state index in [0.29, 0.717) is 0 Å². The third-order valence-electron chi connectivity index (χ3n) is 2.89. The number of nitrogens with zero attached hydrogens (tertiary/aromatic N) is 2. The fourth-order valence-electron chi connectivity index (χ4n) is 1.81. The predicted molar refractivity (Wildman–Crippen MR) is 71.5 cm³/mol. The summed E-state index contributed by atoms with van der Waals surface area (Å²) in [4.78, 5) is 15.9. The Morgan fingerprint density at radius 2 is 2.00 bits per heavy atom. The summed E-state index contributed by atoms with van der Waals surface area (Å²) >= 11 is 5.56. The fraction of sp³-hybridized carbons (Fsp3) is 0.231. The van der Waals surface area contributed by atoms with E-state index in [9.17, 15) is 18.0 Å². The van der Waals surface area contributed by atoms with E-state index < -0.39 is 22.3 Å². The van der Waals surface area contributed by atoms with Crippen LogP contribution in [0, 0.1) is 0 Å². The molecule has 0 aliphatic rings. The summed E-state index contributed by atoms with van der Waals surface area (Å²) in [6.07, 6.45) is -3.42. The maximum atomic E-state index is 12.8. The van der Waals surface area contributed by atoms with Crippen LogP contribution >= 0.6 is 11.6 Å². The highest BCUT2D eigenvalue weighted by Crippen LogP contribution is 2.36. The van der Waals surface area contributed by atoms with E-state index >= 15 is 0 Å². The molecule has 1 aromatic heterocycles. The molecular formula is C13H10ClF3N2O2. The number of halogens is 4. The van der Waals surface area contributed by atoms with E-state index in [-0.39, 0.29) is 17.1 Å². The number of ether oxygens (including phenoxy) is 1. The molecule has 0 radical (unpaired) electrons. The number of hydrogen-bond donors (Lipinski definition) is 0. The zero-order valence-corrected chi connectivity index (χ0v) is 11.8. The average molecular weight is 319 g/mol. The van der Waals surface area contributed by atoms with Crippen LogP contribution < -0.4 is 10.3 Å². The van der Waals surface area contributed by atoms with Gasteiger partial charge >= 0.3 is 6.18 Å². The van der Waals surface area contributed by atoms with Gasteiger partial charge in [-0.1, -0.05) is 11.6 Å². The first-order chi connectivity index (χ1) is 9.75. The normalized spacial score (nSPS) is 11.5. The van der Waals surface area contributed by atoms with Crippen molar-refractivity contribution >= 4 is 11.6 Å². The Hall–Kier alpha value is -2.02. The van der Waals surface area contributed by atoms with E-state index in [1.807, 2.05) is 0 Å². The van der Waals surface area contributed by atoms with Gasteiger partial charge in [-0.15, -0.1) is 0 Å². The van der Waals surface area contributed by atoms with Gasteiger partial charge in [0, 0.05) is 12.6 Å². The quantitative estimate of drug-likeness (QED) is 0.854. The van der Waals surface area contributed by atoms with Crippen molar-refractivity contribution < 1.29 is 17.9 Å². The molecule has 0 atom stereocenters. The van der Waals surface area contributed by atoms with Crippen molar-refractivity contribution in [1.29, 1.82) is 0 Å². The predicted octanol–water partition coefficient (Wildman–Crippen LogP) is 3.13. The second-order valence-electron chi connectivity index (χ2n) is 4.21. The van der Waals surface area contributed by atoms with Crippen LogP contribution in [-0.4, -0.2) is 16.7 Å². The fourth-order valence-corrected chi connectivity index (χ4v) is 2.04. The summed E-state index contributed by atoms with van der Waals surface area (Å²) in [7, 11) is 2.71. The molecule has 8 heteroatoms. The SMILES string of the molecule is COc1cnc(-c2ccc(Cl)c(C(F)(F)F)c2)n(C)c1=O. The summed E-state index contributed by atoms with van der Waals surface area (Å²) in [6, 6.07) is 3.35. The van der Waals surface area contributed by atoms with Crippen LogP contribution in [0.15, 0.2) is 29.2 Å². The monoisotopic (exact) mass is 318 g/mol. The van der Waals surface area contributed by atoms with Crippen LogP contribution in [0.25, 0.3) is 11.4 Å². The van der Waals surface area contributed by atoms with Crippen molar-refractivity contribution in [2.75, 3.05) is 7.11 Å². The molecule has 1 heterocycles. The first-order valence-electron chi connectivity index (χ1n) is 5.73. The second-order valence-corrected chi connectivity index (χ2v) is 4.61. The summed E-state index contributed by atoms with van der Waals surface area (Å²) in [5.74, 6) is 0.0919. The minimum atomic E-state index is -4.58. The lowest BCUT2D eigenvalue weighted by molar-refractivity contribution is -0.137. The Labute approximate surface area is 122 Å². The lowest BCUT2D eigenvalue weighted by atomic mass is 10.1. The van der Waals surface area contributed by atoms with Crippen LogP contribution in [0.3, 0.4) is 0 Å². The van der Waals surface area contributed by atoms with E-state index in [1.165, 1.54) is 26.4 Å². The third kappa shape index (κ3) is 2.87. The Kier molecular flexibility index (Phi) is 3.95. The molecule has 0 saturated heterocycles. The van der Waals surface area contributed by atoms with Crippen LogP contribution in [-0.2, 0) is 13.2 Å². The van der Waals surface area contributed by atoms with Crippen LogP contribution in [0.5, 0.6) is 5.75 Å². The van der Waals surface area contributed by atoms with Crippen LogP contribution in [0.4, 0.5) is 13.2 Å². The molecule has 0 N–H and O–H groups in total. The van der Waals surface area contributed by atoms with Gasteiger partial charge in [0.1, 0.15) is 5.82 Å². The van der Waals surface area contributed by atoms with Crippen LogP contribution in [0.2, 0.25) is 5.02 Å². The largest absolute Gasteiger partial charge is 0.490 e. The van der Waals surface area contributed by atoms with Gasteiger partial charge in [-0.2, -0.15) is 13.2 Å². The minimum Gasteiger partial charge on any atom is -0.490 e. The molecule has 0 fully saturated rings. The number of aromatic nitrogens is 2. The first kappa shape index (κ1) is 15.4. The van der Waals surface area contributed by atoms with Gasteiger partial charge < -0.3 is 4.74 Å². The van der Waals surface area contributed by atoms with Crippen molar-refractivity contribution in [3.63, 3.8) is 0 Å². The zero-order chi connectivity index (χ0) is 15.8. The molecule has 0 spiro atoms. The Balaban J connectivity index is 2.64. The molecule has 112 valence electrons. The maximum Gasteiger partial charge on any atom is 0.417 e. The summed E-state index contributed by atoms with van der Waals surface area (Å²) in [5, 5.41) is -0.412. The van der Waals surface area contributed by atoms with E-state index in [4.69, 9.17) is 16.3 Å². The number of rotatable bonds is 2. The Bertz CT molecular complexity index is 741. The smallest absolute Gasteiger partial charge is 0.417 e. The van der Waals surface area contributed by atoms with Gasteiger partial charge in [-0.05, 0) is 18.2 Å². The molecule has 0 saturated carbocycles.